The molecule has 1 heterocycles. The van der Waals surface area contributed by atoms with Crippen LogP contribution in [0.2, 0.25) is 0 Å². The second kappa shape index (κ2) is 17.7. The van der Waals surface area contributed by atoms with Crippen LogP contribution in [0.25, 0.3) is 11.3 Å². The van der Waals surface area contributed by atoms with Crippen molar-refractivity contribution in [3.63, 3.8) is 0 Å². The van der Waals surface area contributed by atoms with E-state index in [9.17, 15) is 10.1 Å². The maximum absolute atomic E-state index is 12.8. The summed E-state index contributed by atoms with van der Waals surface area (Å²) in [5.74, 6) is 1.04. The van der Waals surface area contributed by atoms with Gasteiger partial charge in [0.1, 0.15) is 11.5 Å². The van der Waals surface area contributed by atoms with E-state index >= 15 is 0 Å². The number of nitriles is 1. The van der Waals surface area contributed by atoms with Crippen LogP contribution in [0.15, 0.2) is 42.6 Å². The van der Waals surface area contributed by atoms with Crippen LogP contribution in [0.3, 0.4) is 0 Å². The van der Waals surface area contributed by atoms with Crippen molar-refractivity contribution in [1.29, 1.82) is 5.26 Å². The Balaban J connectivity index is 1.39. The highest BCUT2D eigenvalue weighted by molar-refractivity contribution is 5.75. The number of esters is 1. The van der Waals surface area contributed by atoms with Crippen LogP contribution in [-0.4, -0.2) is 17.6 Å². The van der Waals surface area contributed by atoms with Gasteiger partial charge in [0.25, 0.3) is 0 Å². The fourth-order valence-electron chi connectivity index (χ4n) is 5.67. The topological polar surface area (TPSA) is 72.2 Å². The number of rotatable bonds is 18. The van der Waals surface area contributed by atoms with E-state index in [1.165, 1.54) is 64.2 Å². The molecule has 1 aromatic heterocycles. The first-order valence-electron chi connectivity index (χ1n) is 15.9. The lowest BCUT2D eigenvalue weighted by molar-refractivity contribution is -0.140. The van der Waals surface area contributed by atoms with Crippen LogP contribution in [0.5, 0.6) is 11.5 Å². The van der Waals surface area contributed by atoms with Crippen molar-refractivity contribution in [2.24, 2.45) is 11.3 Å². The molecule has 3 rings (SSSR count). The molecule has 0 atom stereocenters. The lowest BCUT2D eigenvalue weighted by Crippen LogP contribution is -2.31. The highest BCUT2D eigenvalue weighted by atomic mass is 16.5. The molecular formula is C35H50N2O3. The number of ether oxygens (including phenoxy) is 2. The van der Waals surface area contributed by atoms with Gasteiger partial charge in [-0.05, 0) is 74.9 Å². The normalized spacial score (nSPS) is 18.7. The van der Waals surface area contributed by atoms with Gasteiger partial charge in [0.2, 0.25) is 0 Å². The molecule has 5 heteroatoms. The van der Waals surface area contributed by atoms with Crippen LogP contribution in [-0.2, 0) is 4.79 Å². The van der Waals surface area contributed by atoms with Gasteiger partial charge in [-0.3, -0.25) is 9.78 Å². The van der Waals surface area contributed by atoms with Crippen molar-refractivity contribution < 1.29 is 14.3 Å². The van der Waals surface area contributed by atoms with E-state index in [1.807, 2.05) is 36.4 Å². The molecule has 1 aliphatic rings. The molecule has 0 aliphatic heterocycles. The van der Waals surface area contributed by atoms with E-state index < -0.39 is 0 Å². The molecule has 1 saturated carbocycles. The van der Waals surface area contributed by atoms with E-state index in [-0.39, 0.29) is 17.3 Å². The molecular weight excluding hydrogens is 496 g/mol. The van der Waals surface area contributed by atoms with Gasteiger partial charge in [0, 0.05) is 5.56 Å². The summed E-state index contributed by atoms with van der Waals surface area (Å²) >= 11 is 0. The lowest BCUT2D eigenvalue weighted by atomic mass is 9.69. The van der Waals surface area contributed by atoms with Crippen molar-refractivity contribution >= 4 is 5.97 Å². The summed E-state index contributed by atoms with van der Waals surface area (Å²) < 4.78 is 11.6. The summed E-state index contributed by atoms with van der Waals surface area (Å²) in [5, 5.41) is 9.85. The van der Waals surface area contributed by atoms with Gasteiger partial charge in [-0.1, -0.05) is 84.5 Å². The van der Waals surface area contributed by atoms with Gasteiger partial charge in [-0.15, -0.1) is 0 Å². The van der Waals surface area contributed by atoms with Gasteiger partial charge in [-0.25, -0.2) is 0 Å². The van der Waals surface area contributed by atoms with Crippen molar-refractivity contribution in [3.8, 4) is 28.8 Å². The number of nitrogens with zero attached hydrogens (tertiary/aromatic N) is 2. The SMILES string of the molecule is CCCCCCCCCOc1ccc(-c2ccc(OC(=O)[C@H]3CC[C@@](C#N)(CCCCCCC)CC3)cc2)nc1. The minimum absolute atomic E-state index is 0.128. The van der Waals surface area contributed by atoms with Crippen LogP contribution in [0.4, 0.5) is 0 Å². The van der Waals surface area contributed by atoms with Gasteiger partial charge >= 0.3 is 5.97 Å². The first kappa shape index (κ1) is 31.7. The number of hydrogen-bond donors (Lipinski definition) is 0. The number of unbranched alkanes of at least 4 members (excludes halogenated alkanes) is 10. The molecule has 1 aromatic carbocycles. The van der Waals surface area contributed by atoms with E-state index in [0.29, 0.717) is 5.75 Å². The molecule has 5 nitrogen and oxygen atoms in total. The quantitative estimate of drug-likeness (QED) is 0.106. The molecule has 1 aliphatic carbocycles. The highest BCUT2D eigenvalue weighted by Crippen LogP contribution is 2.43. The molecule has 2 aromatic rings. The Morgan fingerprint density at radius 2 is 1.45 bits per heavy atom. The van der Waals surface area contributed by atoms with E-state index in [1.54, 1.807) is 6.20 Å². The number of aromatic nitrogens is 1. The maximum Gasteiger partial charge on any atom is 0.314 e. The number of carbonyl (C=O) groups excluding carboxylic acids is 1. The van der Waals surface area contributed by atoms with Gasteiger partial charge < -0.3 is 9.47 Å². The first-order chi connectivity index (χ1) is 19.6. The van der Waals surface area contributed by atoms with Crippen LogP contribution in [0.1, 0.15) is 123 Å². The molecule has 1 fully saturated rings. The van der Waals surface area contributed by atoms with Crippen LogP contribution < -0.4 is 9.47 Å². The van der Waals surface area contributed by atoms with Gasteiger partial charge in [0.15, 0.2) is 0 Å². The second-order valence-electron chi connectivity index (χ2n) is 11.6. The van der Waals surface area contributed by atoms with Crippen LogP contribution in [0, 0.1) is 22.7 Å². The predicted molar refractivity (Wildman–Crippen MR) is 162 cm³/mol. The van der Waals surface area contributed by atoms with Crippen molar-refractivity contribution in [2.75, 3.05) is 6.61 Å². The molecule has 0 N–H and O–H groups in total. The third kappa shape index (κ3) is 10.6. The molecule has 0 saturated heterocycles. The molecule has 0 bridgehead atoms. The monoisotopic (exact) mass is 546 g/mol. The summed E-state index contributed by atoms with van der Waals surface area (Å²) in [6.07, 6.45) is 20.7. The number of benzene rings is 1. The van der Waals surface area contributed by atoms with Crippen LogP contribution >= 0.6 is 0 Å². The molecule has 218 valence electrons. The fraction of sp³-hybridized carbons (Fsp3) is 0.629. The molecule has 40 heavy (non-hydrogen) atoms. The molecule has 0 amide bonds. The van der Waals surface area contributed by atoms with Gasteiger partial charge in [0.05, 0.1) is 35.9 Å². The Hall–Kier alpha value is -2.87. The summed E-state index contributed by atoms with van der Waals surface area (Å²) in [6, 6.07) is 14.1. The van der Waals surface area contributed by atoms with Gasteiger partial charge in [-0.2, -0.15) is 5.26 Å². The van der Waals surface area contributed by atoms with Crippen molar-refractivity contribution in [1.82, 2.24) is 4.98 Å². The zero-order chi connectivity index (χ0) is 28.5. The predicted octanol–water partition coefficient (Wildman–Crippen LogP) is 9.84. The van der Waals surface area contributed by atoms with Crippen molar-refractivity contribution in [3.05, 3.63) is 42.6 Å². The average Bonchev–Trinajstić information content (AvgIpc) is 2.99. The summed E-state index contributed by atoms with van der Waals surface area (Å²) in [7, 11) is 0. The molecule has 0 spiro atoms. The number of hydrogen-bond acceptors (Lipinski definition) is 5. The second-order valence-corrected chi connectivity index (χ2v) is 11.6. The van der Waals surface area contributed by atoms with E-state index in [0.717, 1.165) is 68.6 Å². The maximum atomic E-state index is 12.8. The Morgan fingerprint density at radius 3 is 2.05 bits per heavy atom. The Morgan fingerprint density at radius 1 is 0.850 bits per heavy atom. The lowest BCUT2D eigenvalue weighted by Gasteiger charge is -2.34. The minimum atomic E-state index is -0.258. The third-order valence-corrected chi connectivity index (χ3v) is 8.39. The zero-order valence-corrected chi connectivity index (χ0v) is 25.0. The Bertz CT molecular complexity index is 1020. The molecule has 0 radical (unpaired) electrons. The largest absolute Gasteiger partial charge is 0.492 e. The summed E-state index contributed by atoms with van der Waals surface area (Å²) in [5.41, 5.74) is 1.57. The van der Waals surface area contributed by atoms with E-state index in [4.69, 9.17) is 9.47 Å². The highest BCUT2D eigenvalue weighted by Gasteiger charge is 2.38. The smallest absolute Gasteiger partial charge is 0.314 e. The number of pyridine rings is 1. The summed E-state index contributed by atoms with van der Waals surface area (Å²) in [4.78, 5) is 17.4. The van der Waals surface area contributed by atoms with E-state index in [2.05, 4.69) is 24.9 Å². The average molecular weight is 547 g/mol. The summed E-state index contributed by atoms with van der Waals surface area (Å²) in [6.45, 7) is 5.19. The number of carbonyl (C=O) groups is 1. The van der Waals surface area contributed by atoms with Crippen molar-refractivity contribution in [2.45, 2.75) is 123 Å². The minimum Gasteiger partial charge on any atom is -0.492 e. The standard InChI is InChI=1S/C35H50N2O3/c1-3-5-7-9-10-12-14-26-39-32-19-20-33(37-27-32)29-15-17-31(18-16-29)40-34(38)30-21-24-35(28-36,25-22-30)23-13-11-8-6-4-2/h15-20,27,30H,3-14,21-26H2,1-2H3/t30-,35-. The Kier molecular flexibility index (Phi) is 14.0. The first-order valence-corrected chi connectivity index (χ1v) is 15.9. The fourth-order valence-corrected chi connectivity index (χ4v) is 5.67. The third-order valence-electron chi connectivity index (χ3n) is 8.39. The zero-order valence-electron chi connectivity index (χ0n) is 25.0. The Labute approximate surface area is 242 Å². The molecule has 0 unspecified atom stereocenters.